The van der Waals surface area contributed by atoms with Crippen molar-refractivity contribution in [2.75, 3.05) is 13.1 Å². The van der Waals surface area contributed by atoms with Gasteiger partial charge in [0.2, 0.25) is 5.91 Å². The molecule has 0 aromatic carbocycles. The molecule has 0 bridgehead atoms. The van der Waals surface area contributed by atoms with Gasteiger partial charge in [-0.2, -0.15) is 0 Å². The van der Waals surface area contributed by atoms with Crippen molar-refractivity contribution < 1.29 is 13.7 Å². The Hall–Kier alpha value is -2.28. The van der Waals surface area contributed by atoms with Gasteiger partial charge in [-0.1, -0.05) is 11.2 Å². The molecule has 0 unspecified atom stereocenters. The first kappa shape index (κ1) is 18.5. The van der Waals surface area contributed by atoms with Gasteiger partial charge in [0.25, 0.3) is 0 Å². The fourth-order valence-corrected chi connectivity index (χ4v) is 3.34. The second-order valence-corrected chi connectivity index (χ2v) is 7.01. The number of carbonyl (C=O) groups is 1. The van der Waals surface area contributed by atoms with Gasteiger partial charge in [-0.3, -0.25) is 14.7 Å². The molecule has 6 nitrogen and oxygen atoms in total. The summed E-state index contributed by atoms with van der Waals surface area (Å²) in [6.45, 7) is 7.05. The molecule has 2 aromatic rings. The van der Waals surface area contributed by atoms with E-state index in [1.165, 1.54) is 0 Å². The number of aromatic nitrogens is 2. The second kappa shape index (κ2) is 7.95. The van der Waals surface area contributed by atoms with Gasteiger partial charge >= 0.3 is 0 Å². The summed E-state index contributed by atoms with van der Waals surface area (Å²) in [5.74, 6) is 0.690. The third-order valence-corrected chi connectivity index (χ3v) is 4.89. The fourth-order valence-electron chi connectivity index (χ4n) is 3.34. The molecule has 1 fully saturated rings. The number of halogens is 1. The molecule has 26 heavy (non-hydrogen) atoms. The molecule has 1 saturated heterocycles. The molecule has 3 rings (SSSR count). The molecule has 1 N–H and O–H groups in total. The minimum absolute atomic E-state index is 0.0289. The van der Waals surface area contributed by atoms with Gasteiger partial charge in [-0.25, -0.2) is 4.39 Å². The summed E-state index contributed by atoms with van der Waals surface area (Å²) in [5.41, 5.74) is 3.63. The van der Waals surface area contributed by atoms with Crippen molar-refractivity contribution in [1.29, 1.82) is 0 Å². The lowest BCUT2D eigenvalue weighted by Crippen LogP contribution is -2.40. The Kier molecular flexibility index (Phi) is 5.66. The Balaban J connectivity index is 1.55. The smallest absolute Gasteiger partial charge is 0.224 e. The van der Waals surface area contributed by atoms with Crippen molar-refractivity contribution >= 4 is 5.91 Å². The maximum Gasteiger partial charge on any atom is 0.224 e. The first-order valence-corrected chi connectivity index (χ1v) is 8.90. The van der Waals surface area contributed by atoms with Gasteiger partial charge < -0.3 is 9.84 Å². The van der Waals surface area contributed by atoms with Crippen LogP contribution < -0.4 is 5.32 Å². The number of nitrogens with one attached hydrogen (secondary N) is 1. The highest BCUT2D eigenvalue weighted by molar-refractivity contribution is 5.78. The summed E-state index contributed by atoms with van der Waals surface area (Å²) in [4.78, 5) is 18.4. The van der Waals surface area contributed by atoms with E-state index in [1.807, 2.05) is 32.9 Å². The number of alkyl halides is 1. The first-order chi connectivity index (χ1) is 12.4. The summed E-state index contributed by atoms with van der Waals surface area (Å²) in [5, 5.41) is 6.89. The molecule has 0 radical (unpaired) electrons. The monoisotopic (exact) mass is 360 g/mol. The molecule has 0 saturated carbocycles. The van der Waals surface area contributed by atoms with Crippen LogP contribution in [0.5, 0.6) is 0 Å². The van der Waals surface area contributed by atoms with Crippen LogP contribution in [-0.2, 0) is 17.8 Å². The van der Waals surface area contributed by atoms with Crippen LogP contribution in [0.3, 0.4) is 0 Å². The topological polar surface area (TPSA) is 71.3 Å². The summed E-state index contributed by atoms with van der Waals surface area (Å²) >= 11 is 0. The highest BCUT2D eigenvalue weighted by Crippen LogP contribution is 2.24. The molecule has 0 spiro atoms. The number of hydrogen-bond acceptors (Lipinski definition) is 5. The highest BCUT2D eigenvalue weighted by atomic mass is 19.1. The number of amides is 1. The SMILES string of the molecule is Cc1ccc(CC(=O)NC[C@@H]2C[C@H](F)CN2Cc2c(C)noc2C)cn1. The number of rotatable bonds is 6. The molecule has 0 aliphatic carbocycles. The lowest BCUT2D eigenvalue weighted by atomic mass is 10.1. The van der Waals surface area contributed by atoms with E-state index in [4.69, 9.17) is 4.52 Å². The van der Waals surface area contributed by atoms with E-state index in [9.17, 15) is 9.18 Å². The van der Waals surface area contributed by atoms with Crippen LogP contribution in [0.2, 0.25) is 0 Å². The molecule has 1 aliphatic heterocycles. The lowest BCUT2D eigenvalue weighted by Gasteiger charge is -2.24. The maximum absolute atomic E-state index is 14.0. The van der Waals surface area contributed by atoms with Crippen LogP contribution in [0.25, 0.3) is 0 Å². The summed E-state index contributed by atoms with van der Waals surface area (Å²) in [6, 6.07) is 3.76. The van der Waals surface area contributed by atoms with Gasteiger partial charge in [0.15, 0.2) is 0 Å². The van der Waals surface area contributed by atoms with Crippen LogP contribution in [0.1, 0.15) is 34.7 Å². The van der Waals surface area contributed by atoms with Crippen LogP contribution >= 0.6 is 0 Å². The Morgan fingerprint density at radius 1 is 1.38 bits per heavy atom. The average molecular weight is 360 g/mol. The third-order valence-electron chi connectivity index (χ3n) is 4.89. The Morgan fingerprint density at radius 2 is 2.19 bits per heavy atom. The zero-order chi connectivity index (χ0) is 18.7. The van der Waals surface area contributed by atoms with Crippen molar-refractivity contribution in [3.63, 3.8) is 0 Å². The minimum Gasteiger partial charge on any atom is -0.361 e. The van der Waals surface area contributed by atoms with E-state index >= 15 is 0 Å². The molecule has 2 aromatic heterocycles. The zero-order valence-corrected chi connectivity index (χ0v) is 15.5. The molecule has 2 atom stereocenters. The number of carbonyl (C=O) groups excluding carboxylic acids is 1. The van der Waals surface area contributed by atoms with Gasteiger partial charge in [-0.05, 0) is 38.8 Å². The standard InChI is InChI=1S/C19H25FN4O2/c1-12-4-5-15(8-21-12)6-19(25)22-9-17-7-16(20)10-24(17)11-18-13(2)23-26-14(18)3/h4-5,8,16-17H,6-7,9-11H2,1-3H3,(H,22,25)/t16-,17-/m0/s1. The van der Waals surface area contributed by atoms with Crippen molar-refractivity contribution in [1.82, 2.24) is 20.4 Å². The maximum atomic E-state index is 14.0. The molecular formula is C19H25FN4O2. The number of likely N-dealkylation sites (tertiary alicyclic amines) is 1. The van der Waals surface area contributed by atoms with E-state index in [1.54, 1.807) is 6.20 Å². The Morgan fingerprint density at radius 3 is 2.85 bits per heavy atom. The zero-order valence-electron chi connectivity index (χ0n) is 15.5. The van der Waals surface area contributed by atoms with Crippen LogP contribution in [0, 0.1) is 20.8 Å². The fraction of sp³-hybridized carbons (Fsp3) is 0.526. The quantitative estimate of drug-likeness (QED) is 0.856. The summed E-state index contributed by atoms with van der Waals surface area (Å²) < 4.78 is 19.2. The lowest BCUT2D eigenvalue weighted by molar-refractivity contribution is -0.120. The Labute approximate surface area is 152 Å². The first-order valence-electron chi connectivity index (χ1n) is 8.90. The third kappa shape index (κ3) is 4.46. The normalized spacial score (nSPS) is 20.5. The Bertz CT molecular complexity index is 740. The van der Waals surface area contributed by atoms with Gasteiger partial charge in [0, 0.05) is 43.1 Å². The second-order valence-electron chi connectivity index (χ2n) is 7.01. The van der Waals surface area contributed by atoms with E-state index in [2.05, 4.69) is 20.4 Å². The van der Waals surface area contributed by atoms with Crippen LogP contribution in [0.4, 0.5) is 4.39 Å². The van der Waals surface area contributed by atoms with E-state index < -0.39 is 6.17 Å². The largest absolute Gasteiger partial charge is 0.361 e. The predicted octanol–water partition coefficient (Wildman–Crippen LogP) is 2.27. The number of aryl methyl sites for hydroxylation is 3. The van der Waals surface area contributed by atoms with Crippen molar-refractivity contribution in [3.05, 3.63) is 46.6 Å². The molecule has 1 aliphatic rings. The van der Waals surface area contributed by atoms with E-state index in [0.29, 0.717) is 26.1 Å². The van der Waals surface area contributed by atoms with Gasteiger partial charge in [0.05, 0.1) is 12.1 Å². The number of nitrogens with zero attached hydrogens (tertiary/aromatic N) is 3. The van der Waals surface area contributed by atoms with Crippen LogP contribution in [0.15, 0.2) is 22.9 Å². The van der Waals surface area contributed by atoms with Crippen molar-refractivity contribution in [2.45, 2.75) is 52.4 Å². The van der Waals surface area contributed by atoms with Crippen molar-refractivity contribution in [2.24, 2.45) is 0 Å². The van der Waals surface area contributed by atoms with E-state index in [0.717, 1.165) is 28.3 Å². The average Bonchev–Trinajstić information content (AvgIpc) is 3.11. The predicted molar refractivity (Wildman–Crippen MR) is 95.4 cm³/mol. The summed E-state index contributed by atoms with van der Waals surface area (Å²) in [6.07, 6.45) is 1.54. The van der Waals surface area contributed by atoms with Crippen molar-refractivity contribution in [3.8, 4) is 0 Å². The summed E-state index contributed by atoms with van der Waals surface area (Å²) in [7, 11) is 0. The molecular weight excluding hydrogens is 335 g/mol. The number of hydrogen-bond donors (Lipinski definition) is 1. The van der Waals surface area contributed by atoms with Gasteiger partial charge in [-0.15, -0.1) is 0 Å². The van der Waals surface area contributed by atoms with Gasteiger partial charge in [0.1, 0.15) is 11.9 Å². The van der Waals surface area contributed by atoms with E-state index in [-0.39, 0.29) is 18.4 Å². The number of pyridine rings is 1. The molecule has 1 amide bonds. The molecule has 140 valence electrons. The highest BCUT2D eigenvalue weighted by Gasteiger charge is 2.33. The minimum atomic E-state index is -0.876. The molecule has 3 heterocycles. The molecule has 7 heteroatoms. The van der Waals surface area contributed by atoms with Crippen LogP contribution in [-0.4, -0.2) is 46.3 Å².